The van der Waals surface area contributed by atoms with Crippen LogP contribution in [0.1, 0.15) is 0 Å². The summed E-state index contributed by atoms with van der Waals surface area (Å²) in [6.07, 6.45) is 0. The first-order valence-electron chi connectivity index (χ1n) is 1.79. The zero-order valence-electron chi connectivity index (χ0n) is 3.66. The van der Waals surface area contributed by atoms with Crippen molar-refractivity contribution >= 4 is 17.1 Å². The van der Waals surface area contributed by atoms with Crippen molar-refractivity contribution in [3.63, 3.8) is 0 Å². The number of aliphatic imine (C=N–C) groups is 1. The van der Waals surface area contributed by atoms with Gasteiger partial charge in [-0.05, 0) is 0 Å². The molecule has 4 N–H and O–H groups in total. The van der Waals surface area contributed by atoms with Crippen molar-refractivity contribution in [2.24, 2.45) is 16.6 Å². The molecule has 4 nitrogen and oxygen atoms in total. The van der Waals surface area contributed by atoms with Gasteiger partial charge in [-0.15, -0.1) is 0 Å². The third-order valence-corrected chi connectivity index (χ3v) is 1.24. The monoisotopic (exact) mass is 118 g/mol. The van der Waals surface area contributed by atoms with Gasteiger partial charge in [0.25, 0.3) is 0 Å². The predicted molar refractivity (Wildman–Crippen MR) is 30.1 cm³/mol. The lowest BCUT2D eigenvalue weighted by Gasteiger charge is -1.98. The summed E-state index contributed by atoms with van der Waals surface area (Å²) in [5, 5.41) is 0.544. The summed E-state index contributed by atoms with van der Waals surface area (Å²) in [4.78, 5) is 3.78. The molecule has 0 radical (unpaired) electrons. The highest BCUT2D eigenvalue weighted by atomic mass is 32.2. The first kappa shape index (κ1) is 4.89. The maximum Gasteiger partial charge on any atom is 0.172 e. The van der Waals surface area contributed by atoms with E-state index in [-0.39, 0.29) is 0 Å². The Labute approximate surface area is 45.7 Å². The summed E-state index contributed by atoms with van der Waals surface area (Å²) < 4.78 is 1.47. The maximum absolute atomic E-state index is 5.23. The molecule has 0 unspecified atom stereocenters. The molecule has 0 amide bonds. The minimum Gasteiger partial charge on any atom is -0.377 e. The highest BCUT2D eigenvalue weighted by molar-refractivity contribution is 8.11. The number of nitrogens with two attached hydrogens (primary N) is 2. The summed E-state index contributed by atoms with van der Waals surface area (Å²) in [5.74, 6) is 5.23. The number of nitrogens with zero attached hydrogens (tertiary/aromatic N) is 2. The fourth-order valence-electron chi connectivity index (χ4n) is 0.317. The summed E-state index contributed by atoms with van der Waals surface area (Å²) in [6, 6.07) is 0. The molecule has 1 rings (SSSR count). The molecular weight excluding hydrogens is 112 g/mol. The number of hydrazine groups is 1. The number of rotatable bonds is 0. The molecule has 0 bridgehead atoms. The van der Waals surface area contributed by atoms with Crippen molar-refractivity contribution in [2.75, 3.05) is 6.67 Å². The molecule has 0 aromatic carbocycles. The third kappa shape index (κ3) is 1.05. The number of hydrogen-bond acceptors (Lipinski definition) is 5. The highest BCUT2D eigenvalue weighted by Gasteiger charge is 2.07. The Morgan fingerprint density at radius 2 is 2.57 bits per heavy atom. The molecule has 1 heterocycles. The van der Waals surface area contributed by atoms with Crippen LogP contribution >= 0.6 is 11.9 Å². The van der Waals surface area contributed by atoms with E-state index in [2.05, 4.69) is 4.99 Å². The van der Waals surface area contributed by atoms with Gasteiger partial charge in [0.1, 0.15) is 6.67 Å². The fraction of sp³-hybridized carbons (Fsp3) is 0.500. The largest absolute Gasteiger partial charge is 0.377 e. The standard InChI is InChI=1S/C2H6N4S/c3-2-5-1-6(4)7-2/h1,4H2,(H2,3,5). The zero-order valence-corrected chi connectivity index (χ0v) is 4.48. The van der Waals surface area contributed by atoms with E-state index in [1.54, 1.807) is 0 Å². The molecule has 0 saturated carbocycles. The molecule has 0 spiro atoms. The molecular formula is C2H6N4S. The number of amidine groups is 1. The summed E-state index contributed by atoms with van der Waals surface area (Å²) in [6.45, 7) is 0.510. The van der Waals surface area contributed by atoms with Crippen LogP contribution in [0, 0.1) is 0 Å². The van der Waals surface area contributed by atoms with Crippen molar-refractivity contribution < 1.29 is 0 Å². The summed E-state index contributed by atoms with van der Waals surface area (Å²) >= 11 is 1.26. The third-order valence-electron chi connectivity index (χ3n) is 0.577. The average Bonchev–Trinajstić information content (AvgIpc) is 1.87. The quantitative estimate of drug-likeness (QED) is 0.319. The van der Waals surface area contributed by atoms with Gasteiger partial charge in [0.2, 0.25) is 0 Å². The second kappa shape index (κ2) is 1.69. The molecule has 1 aliphatic heterocycles. The van der Waals surface area contributed by atoms with Crippen LogP contribution in [0.5, 0.6) is 0 Å². The van der Waals surface area contributed by atoms with Crippen LogP contribution in [0.25, 0.3) is 0 Å². The molecule has 0 atom stereocenters. The first-order valence-corrected chi connectivity index (χ1v) is 2.56. The normalized spacial score (nSPS) is 22.7. The van der Waals surface area contributed by atoms with Gasteiger partial charge >= 0.3 is 0 Å². The van der Waals surface area contributed by atoms with E-state index in [4.69, 9.17) is 11.6 Å². The van der Waals surface area contributed by atoms with Crippen molar-refractivity contribution in [3.8, 4) is 0 Å². The van der Waals surface area contributed by atoms with Crippen LogP contribution in [0.3, 0.4) is 0 Å². The van der Waals surface area contributed by atoms with Gasteiger partial charge in [-0.2, -0.15) is 4.41 Å². The van der Waals surface area contributed by atoms with Crippen molar-refractivity contribution in [2.45, 2.75) is 0 Å². The van der Waals surface area contributed by atoms with Crippen LogP contribution in [-0.4, -0.2) is 16.3 Å². The van der Waals surface area contributed by atoms with Crippen LogP contribution in [-0.2, 0) is 0 Å². The Morgan fingerprint density at radius 1 is 1.86 bits per heavy atom. The van der Waals surface area contributed by atoms with E-state index in [0.717, 1.165) is 0 Å². The minimum atomic E-state index is 0.510. The lowest BCUT2D eigenvalue weighted by Crippen LogP contribution is -2.20. The van der Waals surface area contributed by atoms with E-state index in [0.29, 0.717) is 11.8 Å². The molecule has 0 aromatic heterocycles. The van der Waals surface area contributed by atoms with Gasteiger partial charge < -0.3 is 5.73 Å². The van der Waals surface area contributed by atoms with Crippen molar-refractivity contribution in [3.05, 3.63) is 0 Å². The Morgan fingerprint density at radius 3 is 2.71 bits per heavy atom. The van der Waals surface area contributed by atoms with E-state index >= 15 is 0 Å². The van der Waals surface area contributed by atoms with Gasteiger partial charge in [-0.25, -0.2) is 4.99 Å². The van der Waals surface area contributed by atoms with E-state index in [1.807, 2.05) is 0 Å². The fourth-order valence-corrected chi connectivity index (χ4v) is 0.788. The molecule has 40 valence electrons. The maximum atomic E-state index is 5.23. The molecule has 1 aliphatic rings. The lowest BCUT2D eigenvalue weighted by molar-refractivity contribution is 0.530. The van der Waals surface area contributed by atoms with Crippen LogP contribution in [0.4, 0.5) is 0 Å². The molecule has 0 saturated heterocycles. The minimum absolute atomic E-state index is 0.510. The topological polar surface area (TPSA) is 67.6 Å². The SMILES string of the molecule is NC1=NCN(N)S1. The van der Waals surface area contributed by atoms with Gasteiger partial charge in [-0.1, -0.05) is 0 Å². The second-order valence-electron chi connectivity index (χ2n) is 1.15. The lowest BCUT2D eigenvalue weighted by atomic mass is 11.1. The van der Waals surface area contributed by atoms with Gasteiger partial charge in [-0.3, -0.25) is 5.84 Å². The first-order chi connectivity index (χ1) is 3.29. The van der Waals surface area contributed by atoms with E-state index in [9.17, 15) is 0 Å². The molecule has 7 heavy (non-hydrogen) atoms. The van der Waals surface area contributed by atoms with E-state index < -0.39 is 0 Å². The predicted octanol–water partition coefficient (Wildman–Crippen LogP) is -0.904. The Bertz CT molecular complexity index is 99.9. The van der Waals surface area contributed by atoms with Crippen LogP contribution in [0.2, 0.25) is 0 Å². The Hall–Kier alpha value is -0.260. The Kier molecular flexibility index (Phi) is 1.18. The van der Waals surface area contributed by atoms with E-state index in [1.165, 1.54) is 16.4 Å². The second-order valence-corrected chi connectivity index (χ2v) is 2.22. The molecule has 0 aromatic rings. The van der Waals surface area contributed by atoms with Gasteiger partial charge in [0.05, 0.1) is 0 Å². The Balaban J connectivity index is 2.42. The zero-order chi connectivity index (χ0) is 5.28. The van der Waals surface area contributed by atoms with Crippen molar-refractivity contribution in [1.29, 1.82) is 0 Å². The molecule has 5 heteroatoms. The summed E-state index contributed by atoms with van der Waals surface area (Å²) in [7, 11) is 0. The summed E-state index contributed by atoms with van der Waals surface area (Å²) in [5.41, 5.74) is 5.22. The van der Waals surface area contributed by atoms with Gasteiger partial charge in [0.15, 0.2) is 5.17 Å². The van der Waals surface area contributed by atoms with Crippen LogP contribution < -0.4 is 11.6 Å². The number of hydrogen-bond donors (Lipinski definition) is 2. The smallest absolute Gasteiger partial charge is 0.172 e. The molecule has 0 fully saturated rings. The van der Waals surface area contributed by atoms with Crippen molar-refractivity contribution in [1.82, 2.24) is 4.41 Å². The highest BCUT2D eigenvalue weighted by Crippen LogP contribution is 2.09. The molecule has 0 aliphatic carbocycles. The van der Waals surface area contributed by atoms with Gasteiger partial charge in [0, 0.05) is 11.9 Å². The van der Waals surface area contributed by atoms with Crippen LogP contribution in [0.15, 0.2) is 4.99 Å². The average molecular weight is 118 g/mol.